The molecular weight excluding hydrogens is 410 g/mol. The molecule has 0 aliphatic carbocycles. The quantitative estimate of drug-likeness (QED) is 0.446. The minimum atomic E-state index is -3.87. The Labute approximate surface area is 166 Å². The Kier molecular flexibility index (Phi) is 5.82. The molecule has 1 aliphatic rings. The molecule has 0 saturated carbocycles. The van der Waals surface area contributed by atoms with Gasteiger partial charge in [0.15, 0.2) is 17.5 Å². The minimum absolute atomic E-state index is 0.270. The van der Waals surface area contributed by atoms with Gasteiger partial charge in [0.2, 0.25) is 6.23 Å². The van der Waals surface area contributed by atoms with E-state index >= 15 is 0 Å². The van der Waals surface area contributed by atoms with Crippen LogP contribution >= 0.6 is 0 Å². The normalized spacial score (nSPS) is 22.5. The van der Waals surface area contributed by atoms with Crippen LogP contribution in [0.5, 0.6) is 0 Å². The van der Waals surface area contributed by atoms with E-state index < -0.39 is 48.5 Å². The van der Waals surface area contributed by atoms with Crippen molar-refractivity contribution in [2.75, 3.05) is 19.0 Å². The van der Waals surface area contributed by atoms with Gasteiger partial charge in [0, 0.05) is 25.6 Å². The second kappa shape index (κ2) is 8.17. The average Bonchev–Trinajstić information content (AvgIpc) is 2.96. The number of nitrogens with zero attached hydrogens (tertiary/aromatic N) is 4. The third-order valence-electron chi connectivity index (χ3n) is 4.24. The Hall–Kier alpha value is -3.36. The Balaban J connectivity index is 1.85. The number of rotatable bonds is 5. The molecule has 2 amide bonds. The van der Waals surface area contributed by atoms with Crippen LogP contribution in [-0.2, 0) is 4.74 Å². The largest absolute Gasteiger partial charge is 0.394 e. The Bertz CT molecular complexity index is 1030. The number of aromatic nitrogens is 4. The first-order chi connectivity index (χ1) is 14.2. The van der Waals surface area contributed by atoms with Gasteiger partial charge in [0.25, 0.3) is 11.8 Å². The van der Waals surface area contributed by atoms with Crippen LogP contribution in [0.25, 0.3) is 0 Å². The first kappa shape index (κ1) is 21.4. The number of nitrogens with one attached hydrogen (secondary N) is 2. The van der Waals surface area contributed by atoms with Crippen molar-refractivity contribution in [2.24, 2.45) is 0 Å². The highest BCUT2D eigenvalue weighted by Crippen LogP contribution is 2.41. The van der Waals surface area contributed by atoms with Gasteiger partial charge in [0.1, 0.15) is 11.9 Å². The van der Waals surface area contributed by atoms with Crippen LogP contribution in [0.3, 0.4) is 0 Å². The summed E-state index contributed by atoms with van der Waals surface area (Å²) in [5, 5.41) is 23.1. The molecule has 12 nitrogen and oxygen atoms in total. The van der Waals surface area contributed by atoms with Crippen LogP contribution in [0.15, 0.2) is 29.5 Å². The number of aliphatic hydroxyl groups is 2. The summed E-state index contributed by atoms with van der Waals surface area (Å²) < 4.78 is 33.7. The van der Waals surface area contributed by atoms with Crippen LogP contribution in [0, 0.1) is 0 Å². The van der Waals surface area contributed by atoms with Gasteiger partial charge in [-0.1, -0.05) is 0 Å². The fraction of sp³-hybridized carbons (Fsp3) is 0.375. The number of anilines is 1. The van der Waals surface area contributed by atoms with Crippen molar-refractivity contribution in [3.63, 3.8) is 0 Å². The molecule has 1 fully saturated rings. The summed E-state index contributed by atoms with van der Waals surface area (Å²) in [5.74, 6) is -5.76. The lowest BCUT2D eigenvalue weighted by Crippen LogP contribution is -2.41. The fourth-order valence-electron chi connectivity index (χ4n) is 2.74. The number of ether oxygens (including phenoxy) is 1. The molecular formula is C16H16F2N6O6. The summed E-state index contributed by atoms with van der Waals surface area (Å²) in [6, 6.07) is 1.04. The third kappa shape index (κ3) is 3.74. The molecule has 0 bridgehead atoms. The van der Waals surface area contributed by atoms with E-state index in [0.29, 0.717) is 4.57 Å². The van der Waals surface area contributed by atoms with Crippen molar-refractivity contribution in [1.29, 1.82) is 0 Å². The SMILES string of the molecule is CNC(=O)c1nccnc1C(=O)Nc1ccn([C@@H]2O[C@H](CO)[C@@H](O)C2(F)F)c(=O)n1. The van der Waals surface area contributed by atoms with Crippen LogP contribution in [0.2, 0.25) is 0 Å². The smallest absolute Gasteiger partial charge is 0.351 e. The lowest BCUT2D eigenvalue weighted by atomic mass is 10.1. The van der Waals surface area contributed by atoms with Crippen molar-refractivity contribution in [3.05, 3.63) is 46.5 Å². The van der Waals surface area contributed by atoms with E-state index in [-0.39, 0.29) is 17.2 Å². The number of amides is 2. The fourth-order valence-corrected chi connectivity index (χ4v) is 2.74. The van der Waals surface area contributed by atoms with Crippen molar-refractivity contribution in [3.8, 4) is 0 Å². The molecule has 14 heteroatoms. The van der Waals surface area contributed by atoms with Gasteiger partial charge >= 0.3 is 11.6 Å². The van der Waals surface area contributed by atoms with E-state index in [9.17, 15) is 28.3 Å². The molecule has 2 aromatic rings. The maximum absolute atomic E-state index is 14.2. The number of hydrogen-bond acceptors (Lipinski definition) is 9. The predicted molar refractivity (Wildman–Crippen MR) is 93.8 cm³/mol. The first-order valence-electron chi connectivity index (χ1n) is 8.46. The number of halogens is 2. The van der Waals surface area contributed by atoms with Gasteiger partial charge in [-0.15, -0.1) is 0 Å². The van der Waals surface area contributed by atoms with Crippen LogP contribution < -0.4 is 16.3 Å². The van der Waals surface area contributed by atoms with Crippen LogP contribution in [-0.4, -0.2) is 73.3 Å². The Morgan fingerprint density at radius 2 is 1.90 bits per heavy atom. The molecule has 0 spiro atoms. The highest BCUT2D eigenvalue weighted by atomic mass is 19.3. The minimum Gasteiger partial charge on any atom is -0.394 e. The highest BCUT2D eigenvalue weighted by Gasteiger charge is 2.59. The molecule has 0 aromatic carbocycles. The van der Waals surface area contributed by atoms with Crippen molar-refractivity contribution in [1.82, 2.24) is 24.8 Å². The predicted octanol–water partition coefficient (Wildman–Crippen LogP) is -1.47. The number of hydrogen-bond donors (Lipinski definition) is 4. The molecule has 2 aromatic heterocycles. The number of alkyl halides is 2. The second-order valence-electron chi connectivity index (χ2n) is 6.12. The van der Waals surface area contributed by atoms with Crippen molar-refractivity contribution < 1.29 is 33.3 Å². The molecule has 0 unspecified atom stereocenters. The molecule has 4 N–H and O–H groups in total. The van der Waals surface area contributed by atoms with E-state index in [1.165, 1.54) is 19.4 Å². The van der Waals surface area contributed by atoms with E-state index in [1.807, 2.05) is 0 Å². The standard InChI is InChI=1S/C16H16F2N6O6/c1-19-12(27)9-10(21-4-3-20-9)13(28)22-8-2-5-24(15(29)23-8)14-16(17,18)11(26)7(6-25)30-14/h2-5,7,11,14,25-26H,6H2,1H3,(H,19,27)(H,22,23,28,29)/t7-,11-,14-/m1/s1. The zero-order chi connectivity index (χ0) is 22.1. The molecule has 3 heterocycles. The van der Waals surface area contributed by atoms with Crippen LogP contribution in [0.4, 0.5) is 14.6 Å². The molecule has 3 atom stereocenters. The lowest BCUT2D eigenvalue weighted by Gasteiger charge is -2.21. The monoisotopic (exact) mass is 426 g/mol. The molecule has 3 rings (SSSR count). The number of carbonyl (C=O) groups excluding carboxylic acids is 2. The van der Waals surface area contributed by atoms with Gasteiger partial charge < -0.3 is 25.6 Å². The van der Waals surface area contributed by atoms with Gasteiger partial charge in [-0.2, -0.15) is 13.8 Å². The Morgan fingerprint density at radius 1 is 1.27 bits per heavy atom. The van der Waals surface area contributed by atoms with E-state index in [0.717, 1.165) is 12.3 Å². The summed E-state index contributed by atoms with van der Waals surface area (Å²) in [4.78, 5) is 47.4. The summed E-state index contributed by atoms with van der Waals surface area (Å²) in [6.07, 6.45) is -2.85. The Morgan fingerprint density at radius 3 is 2.43 bits per heavy atom. The van der Waals surface area contributed by atoms with Crippen molar-refractivity contribution >= 4 is 17.6 Å². The topological polar surface area (TPSA) is 169 Å². The molecule has 0 radical (unpaired) electrons. The zero-order valence-corrected chi connectivity index (χ0v) is 15.3. The van der Waals surface area contributed by atoms with Crippen LogP contribution in [0.1, 0.15) is 27.2 Å². The summed E-state index contributed by atoms with van der Waals surface area (Å²) >= 11 is 0. The number of carbonyl (C=O) groups is 2. The van der Waals surface area contributed by atoms with Gasteiger partial charge in [0.05, 0.1) is 6.61 Å². The zero-order valence-electron chi connectivity index (χ0n) is 15.3. The maximum Gasteiger partial charge on any atom is 0.351 e. The second-order valence-corrected chi connectivity index (χ2v) is 6.12. The lowest BCUT2D eigenvalue weighted by molar-refractivity contribution is -0.140. The summed E-state index contributed by atoms with van der Waals surface area (Å²) in [6.45, 7) is -0.880. The molecule has 1 saturated heterocycles. The van der Waals surface area contributed by atoms with Gasteiger partial charge in [-0.05, 0) is 6.07 Å². The maximum atomic E-state index is 14.2. The highest BCUT2D eigenvalue weighted by molar-refractivity contribution is 6.09. The van der Waals surface area contributed by atoms with Gasteiger partial charge in [-0.3, -0.25) is 14.2 Å². The average molecular weight is 426 g/mol. The van der Waals surface area contributed by atoms with Crippen molar-refractivity contribution in [2.45, 2.75) is 24.4 Å². The molecule has 160 valence electrons. The van der Waals surface area contributed by atoms with E-state index in [2.05, 4.69) is 25.6 Å². The first-order valence-corrected chi connectivity index (χ1v) is 8.46. The number of aliphatic hydroxyl groups excluding tert-OH is 2. The van der Waals surface area contributed by atoms with Gasteiger partial charge in [-0.25, -0.2) is 14.8 Å². The molecule has 1 aliphatic heterocycles. The third-order valence-corrected chi connectivity index (χ3v) is 4.24. The summed E-state index contributed by atoms with van der Waals surface area (Å²) in [5.41, 5.74) is -1.83. The summed E-state index contributed by atoms with van der Waals surface area (Å²) in [7, 11) is 1.33. The van der Waals surface area contributed by atoms with E-state index in [1.54, 1.807) is 0 Å². The van der Waals surface area contributed by atoms with E-state index in [4.69, 9.17) is 9.84 Å². The molecule has 30 heavy (non-hydrogen) atoms.